The zero-order valence-electron chi connectivity index (χ0n) is 8.64. The van der Waals surface area contributed by atoms with Gasteiger partial charge in [0.1, 0.15) is 5.82 Å². The number of halogens is 3. The fraction of sp³-hybridized carbons (Fsp3) is 0.111. The van der Waals surface area contributed by atoms with Crippen LogP contribution in [0.4, 0.5) is 19.0 Å². The smallest absolute Gasteiger partial charge is 0.383 e. The number of fused-ring (bicyclic) bond motifs is 1. The normalized spacial score (nSPS) is 12.8. The van der Waals surface area contributed by atoms with Crippen molar-refractivity contribution >= 4 is 26.6 Å². The Balaban J connectivity index is 2.76. The molecular weight excluding hydrogens is 271 g/mol. The third-order valence-electron chi connectivity index (χ3n) is 2.16. The van der Waals surface area contributed by atoms with Gasteiger partial charge in [0.05, 0.1) is 5.52 Å². The maximum atomic E-state index is 12.3. The number of hydrogen-bond acceptors (Lipinski definition) is 5. The standard InChI is InChI=1S/C9H6F3N3O2S/c10-9(11,12)18(16,17)8-14-6-4-2-1-3-5(6)7(13)15-8/h1-4H,(H2,13,14,15). The molecule has 18 heavy (non-hydrogen) atoms. The minimum atomic E-state index is -5.59. The molecule has 1 aromatic carbocycles. The highest BCUT2D eigenvalue weighted by atomic mass is 32.2. The molecule has 0 fully saturated rings. The van der Waals surface area contributed by atoms with Crippen LogP contribution in [0.25, 0.3) is 10.9 Å². The molecule has 0 radical (unpaired) electrons. The second-order valence-electron chi connectivity index (χ2n) is 3.36. The summed E-state index contributed by atoms with van der Waals surface area (Å²) in [6.07, 6.45) is 0. The molecule has 0 amide bonds. The SMILES string of the molecule is Nc1nc(S(=O)(=O)C(F)(F)F)nc2ccccc12. The molecule has 0 aliphatic heterocycles. The van der Waals surface area contributed by atoms with E-state index in [-0.39, 0.29) is 11.3 Å². The van der Waals surface area contributed by atoms with Crippen LogP contribution in [0.15, 0.2) is 29.4 Å². The average molecular weight is 277 g/mol. The molecule has 96 valence electrons. The third kappa shape index (κ3) is 1.86. The van der Waals surface area contributed by atoms with Gasteiger partial charge in [-0.15, -0.1) is 0 Å². The molecule has 0 aliphatic rings. The van der Waals surface area contributed by atoms with Crippen LogP contribution in [0, 0.1) is 0 Å². The van der Waals surface area contributed by atoms with Crippen LogP contribution in [-0.4, -0.2) is 23.9 Å². The van der Waals surface area contributed by atoms with Crippen molar-refractivity contribution in [3.05, 3.63) is 24.3 Å². The molecular formula is C9H6F3N3O2S. The fourth-order valence-corrected chi connectivity index (χ4v) is 1.95. The van der Waals surface area contributed by atoms with Crippen molar-refractivity contribution in [3.8, 4) is 0 Å². The number of alkyl halides is 3. The Bertz CT molecular complexity index is 713. The van der Waals surface area contributed by atoms with Gasteiger partial charge in [-0.1, -0.05) is 12.1 Å². The van der Waals surface area contributed by atoms with Crippen molar-refractivity contribution in [3.63, 3.8) is 0 Å². The number of nitrogen functional groups attached to an aromatic ring is 1. The van der Waals surface area contributed by atoms with Gasteiger partial charge < -0.3 is 5.73 Å². The van der Waals surface area contributed by atoms with Crippen molar-refractivity contribution in [1.29, 1.82) is 0 Å². The van der Waals surface area contributed by atoms with E-state index in [1.54, 1.807) is 6.07 Å². The maximum absolute atomic E-state index is 12.3. The molecule has 2 N–H and O–H groups in total. The number of rotatable bonds is 1. The van der Waals surface area contributed by atoms with Crippen LogP contribution in [0.2, 0.25) is 0 Å². The number of sulfone groups is 1. The predicted molar refractivity (Wildman–Crippen MR) is 57.2 cm³/mol. The molecule has 2 rings (SSSR count). The summed E-state index contributed by atoms with van der Waals surface area (Å²) < 4.78 is 59.3. The van der Waals surface area contributed by atoms with E-state index in [2.05, 4.69) is 9.97 Å². The fourth-order valence-electron chi connectivity index (χ4n) is 1.30. The third-order valence-corrected chi connectivity index (χ3v) is 3.43. The Morgan fingerprint density at radius 3 is 2.33 bits per heavy atom. The Morgan fingerprint density at radius 1 is 1.11 bits per heavy atom. The number of benzene rings is 1. The summed E-state index contributed by atoms with van der Waals surface area (Å²) in [7, 11) is -5.59. The van der Waals surface area contributed by atoms with Gasteiger partial charge in [-0.3, -0.25) is 0 Å². The van der Waals surface area contributed by atoms with Gasteiger partial charge in [0, 0.05) is 5.39 Å². The molecule has 0 bridgehead atoms. The van der Waals surface area contributed by atoms with Crippen molar-refractivity contribution in [2.24, 2.45) is 0 Å². The van der Waals surface area contributed by atoms with Gasteiger partial charge in [-0.05, 0) is 12.1 Å². The van der Waals surface area contributed by atoms with E-state index in [9.17, 15) is 21.6 Å². The van der Waals surface area contributed by atoms with E-state index in [1.807, 2.05) is 0 Å². The lowest BCUT2D eigenvalue weighted by Gasteiger charge is -2.08. The van der Waals surface area contributed by atoms with Crippen LogP contribution in [-0.2, 0) is 9.84 Å². The lowest BCUT2D eigenvalue weighted by atomic mass is 10.2. The molecule has 0 unspecified atom stereocenters. The van der Waals surface area contributed by atoms with Crippen LogP contribution < -0.4 is 5.73 Å². The second-order valence-corrected chi connectivity index (χ2v) is 5.19. The van der Waals surface area contributed by atoms with Crippen molar-refractivity contribution in [2.75, 3.05) is 5.73 Å². The van der Waals surface area contributed by atoms with Gasteiger partial charge in [0.15, 0.2) is 0 Å². The van der Waals surface area contributed by atoms with Crippen LogP contribution in [0.3, 0.4) is 0 Å². The van der Waals surface area contributed by atoms with E-state index in [0.717, 1.165) is 0 Å². The molecule has 1 heterocycles. The first kappa shape index (κ1) is 12.6. The number of hydrogen-bond donors (Lipinski definition) is 1. The summed E-state index contributed by atoms with van der Waals surface area (Å²) in [5, 5.41) is -1.05. The molecule has 1 aromatic heterocycles. The Hall–Kier alpha value is -1.90. The van der Waals surface area contributed by atoms with Gasteiger partial charge in [-0.25, -0.2) is 18.4 Å². The monoisotopic (exact) mass is 277 g/mol. The number of nitrogens with two attached hydrogens (primary N) is 1. The maximum Gasteiger partial charge on any atom is 0.505 e. The zero-order valence-corrected chi connectivity index (χ0v) is 9.46. The van der Waals surface area contributed by atoms with Gasteiger partial charge in [0.2, 0.25) is 0 Å². The Labute approximate surface area is 99.4 Å². The first-order chi connectivity index (χ1) is 8.23. The molecule has 2 aromatic rings. The summed E-state index contributed by atoms with van der Waals surface area (Å²) in [6, 6.07) is 5.91. The van der Waals surface area contributed by atoms with Crippen molar-refractivity contribution in [2.45, 2.75) is 10.7 Å². The first-order valence-corrected chi connectivity index (χ1v) is 6.05. The van der Waals surface area contributed by atoms with Gasteiger partial charge >= 0.3 is 15.3 Å². The van der Waals surface area contributed by atoms with E-state index in [0.29, 0.717) is 5.39 Å². The number of anilines is 1. The van der Waals surface area contributed by atoms with Crippen molar-refractivity contribution in [1.82, 2.24) is 9.97 Å². The highest BCUT2D eigenvalue weighted by Gasteiger charge is 2.49. The molecule has 9 heteroatoms. The molecule has 5 nitrogen and oxygen atoms in total. The molecule has 0 aliphatic carbocycles. The topological polar surface area (TPSA) is 85.9 Å². The van der Waals surface area contributed by atoms with E-state index >= 15 is 0 Å². The lowest BCUT2D eigenvalue weighted by molar-refractivity contribution is -0.0440. The first-order valence-electron chi connectivity index (χ1n) is 4.57. The molecule has 0 spiro atoms. The minimum absolute atomic E-state index is 0.0350. The van der Waals surface area contributed by atoms with Crippen LogP contribution >= 0.6 is 0 Å². The summed E-state index contributed by atoms with van der Waals surface area (Å²) >= 11 is 0. The molecule has 0 atom stereocenters. The molecule has 0 saturated carbocycles. The summed E-state index contributed by atoms with van der Waals surface area (Å²) in [4.78, 5) is 6.57. The van der Waals surface area contributed by atoms with Crippen molar-refractivity contribution < 1.29 is 21.6 Å². The van der Waals surface area contributed by atoms with E-state index < -0.39 is 20.5 Å². The quantitative estimate of drug-likeness (QED) is 0.798. The van der Waals surface area contributed by atoms with E-state index in [4.69, 9.17) is 5.73 Å². The van der Waals surface area contributed by atoms with E-state index in [1.165, 1.54) is 18.2 Å². The zero-order chi connectivity index (χ0) is 13.6. The highest BCUT2D eigenvalue weighted by Crippen LogP contribution is 2.30. The average Bonchev–Trinajstić information content (AvgIpc) is 2.27. The summed E-state index contributed by atoms with van der Waals surface area (Å²) in [5.74, 6) is -0.316. The van der Waals surface area contributed by atoms with Crippen LogP contribution in [0.1, 0.15) is 0 Å². The summed E-state index contributed by atoms with van der Waals surface area (Å²) in [5.41, 5.74) is -0.00734. The number of para-hydroxylation sites is 1. The van der Waals surface area contributed by atoms with Gasteiger partial charge in [0.25, 0.3) is 5.16 Å². The minimum Gasteiger partial charge on any atom is -0.383 e. The number of nitrogens with zero attached hydrogens (tertiary/aromatic N) is 2. The predicted octanol–water partition coefficient (Wildman–Crippen LogP) is 1.51. The molecule has 0 saturated heterocycles. The number of aromatic nitrogens is 2. The second kappa shape index (κ2) is 3.80. The summed E-state index contributed by atoms with van der Waals surface area (Å²) in [6.45, 7) is 0. The Kier molecular flexibility index (Phi) is 2.65. The lowest BCUT2D eigenvalue weighted by Crippen LogP contribution is -2.25. The Morgan fingerprint density at radius 2 is 1.72 bits per heavy atom. The largest absolute Gasteiger partial charge is 0.505 e. The van der Waals surface area contributed by atoms with Crippen LogP contribution in [0.5, 0.6) is 0 Å². The highest BCUT2D eigenvalue weighted by molar-refractivity contribution is 7.92. The van der Waals surface area contributed by atoms with Gasteiger partial charge in [-0.2, -0.15) is 13.2 Å².